The first kappa shape index (κ1) is 13.8. The van der Waals surface area contributed by atoms with Crippen molar-refractivity contribution in [2.24, 2.45) is 0 Å². The Labute approximate surface area is 118 Å². The van der Waals surface area contributed by atoms with Gasteiger partial charge in [0.25, 0.3) is 5.91 Å². The molecule has 1 amide bonds. The molecule has 1 aromatic carbocycles. The molecule has 0 spiro atoms. The van der Waals surface area contributed by atoms with Gasteiger partial charge in [-0.05, 0) is 17.7 Å². The molecule has 0 atom stereocenters. The Kier molecular flexibility index (Phi) is 4.85. The van der Waals surface area contributed by atoms with Crippen molar-refractivity contribution >= 4 is 5.91 Å². The maximum absolute atomic E-state index is 12.4. The minimum atomic E-state index is -0.0998. The van der Waals surface area contributed by atoms with Gasteiger partial charge in [0.15, 0.2) is 0 Å². The maximum Gasteiger partial charge on any atom is 0.255 e. The number of carbonyl (C=O) groups excluding carboxylic acids is 1. The summed E-state index contributed by atoms with van der Waals surface area (Å²) in [5, 5.41) is 8.73. The number of carbonyl (C=O) groups is 1. The summed E-state index contributed by atoms with van der Waals surface area (Å²) in [5.74, 6) is -0.0998. The molecule has 100 valence electrons. The highest BCUT2D eigenvalue weighted by molar-refractivity contribution is 5.93. The van der Waals surface area contributed by atoms with Gasteiger partial charge in [0.1, 0.15) is 0 Å². The average molecular weight is 265 g/mol. The standard InChI is InChI=1S/C16H15N3O/c17-9-5-11-19(13-14-6-2-1-3-7-14)16(20)15-8-4-10-18-12-15/h1-4,6-8,10,12H,5,11,13H2. The van der Waals surface area contributed by atoms with Crippen LogP contribution in [-0.2, 0) is 6.54 Å². The quantitative estimate of drug-likeness (QED) is 0.835. The third-order valence-corrected chi connectivity index (χ3v) is 2.91. The molecule has 0 aliphatic heterocycles. The Bertz CT molecular complexity index is 590. The lowest BCUT2D eigenvalue weighted by Gasteiger charge is -2.21. The van der Waals surface area contributed by atoms with Crippen molar-refractivity contribution in [3.8, 4) is 6.07 Å². The summed E-state index contributed by atoms with van der Waals surface area (Å²) in [6.45, 7) is 0.912. The Morgan fingerprint density at radius 1 is 1.20 bits per heavy atom. The van der Waals surface area contributed by atoms with Crippen LogP contribution in [0.3, 0.4) is 0 Å². The third kappa shape index (κ3) is 3.66. The van der Waals surface area contributed by atoms with Gasteiger partial charge in [-0.3, -0.25) is 9.78 Å². The molecule has 0 radical (unpaired) electrons. The lowest BCUT2D eigenvalue weighted by atomic mass is 10.2. The lowest BCUT2D eigenvalue weighted by Crippen LogP contribution is -2.31. The Morgan fingerprint density at radius 2 is 2.00 bits per heavy atom. The van der Waals surface area contributed by atoms with E-state index in [1.165, 1.54) is 0 Å². The molecule has 4 nitrogen and oxygen atoms in total. The molecule has 0 saturated heterocycles. The number of amides is 1. The van der Waals surface area contributed by atoms with Gasteiger partial charge in [0.2, 0.25) is 0 Å². The van der Waals surface area contributed by atoms with Gasteiger partial charge in [-0.2, -0.15) is 5.26 Å². The molecule has 20 heavy (non-hydrogen) atoms. The van der Waals surface area contributed by atoms with Gasteiger partial charge < -0.3 is 4.90 Å². The van der Waals surface area contributed by atoms with E-state index in [9.17, 15) is 4.79 Å². The molecule has 2 aromatic rings. The van der Waals surface area contributed by atoms with Crippen LogP contribution in [0.4, 0.5) is 0 Å². The van der Waals surface area contributed by atoms with E-state index in [1.54, 1.807) is 29.4 Å². The van der Waals surface area contributed by atoms with Crippen molar-refractivity contribution in [3.63, 3.8) is 0 Å². The highest BCUT2D eigenvalue weighted by Crippen LogP contribution is 2.10. The molecule has 4 heteroatoms. The van der Waals surface area contributed by atoms with Crippen LogP contribution in [0.1, 0.15) is 22.3 Å². The summed E-state index contributed by atoms with van der Waals surface area (Å²) in [5.41, 5.74) is 1.59. The van der Waals surface area contributed by atoms with Crippen LogP contribution < -0.4 is 0 Å². The average Bonchev–Trinajstić information content (AvgIpc) is 2.52. The van der Waals surface area contributed by atoms with E-state index in [1.807, 2.05) is 30.3 Å². The first-order valence-electron chi connectivity index (χ1n) is 6.41. The molecule has 0 N–H and O–H groups in total. The second-order valence-corrected chi connectivity index (χ2v) is 4.36. The van der Waals surface area contributed by atoms with Crippen molar-refractivity contribution in [3.05, 3.63) is 66.0 Å². The van der Waals surface area contributed by atoms with Gasteiger partial charge in [-0.25, -0.2) is 0 Å². The van der Waals surface area contributed by atoms with Crippen LogP contribution in [-0.4, -0.2) is 22.3 Å². The molecule has 2 rings (SSSR count). The number of aromatic nitrogens is 1. The van der Waals surface area contributed by atoms with E-state index in [0.717, 1.165) is 5.56 Å². The zero-order valence-electron chi connectivity index (χ0n) is 11.1. The van der Waals surface area contributed by atoms with E-state index in [-0.39, 0.29) is 5.91 Å². The number of nitrogens with zero attached hydrogens (tertiary/aromatic N) is 3. The fraction of sp³-hybridized carbons (Fsp3) is 0.188. The summed E-state index contributed by atoms with van der Waals surface area (Å²) >= 11 is 0. The topological polar surface area (TPSA) is 57.0 Å². The third-order valence-electron chi connectivity index (χ3n) is 2.91. The van der Waals surface area contributed by atoms with Crippen LogP contribution in [0.15, 0.2) is 54.9 Å². The highest BCUT2D eigenvalue weighted by Gasteiger charge is 2.15. The summed E-state index contributed by atoms with van der Waals surface area (Å²) in [6.07, 6.45) is 3.50. The van der Waals surface area contributed by atoms with Crippen molar-refractivity contribution in [1.29, 1.82) is 5.26 Å². The molecule has 1 heterocycles. The van der Waals surface area contributed by atoms with Gasteiger partial charge >= 0.3 is 0 Å². The number of benzene rings is 1. The SMILES string of the molecule is N#CCCN(Cc1ccccc1)C(=O)c1cccnc1. The number of pyridine rings is 1. The van der Waals surface area contributed by atoms with Crippen LogP contribution in [0.25, 0.3) is 0 Å². The fourth-order valence-corrected chi connectivity index (χ4v) is 1.91. The molecule has 0 saturated carbocycles. The predicted octanol–water partition coefficient (Wildman–Crippen LogP) is 2.64. The van der Waals surface area contributed by atoms with Crippen molar-refractivity contribution in [2.45, 2.75) is 13.0 Å². The Balaban J connectivity index is 2.15. The smallest absolute Gasteiger partial charge is 0.255 e. The highest BCUT2D eigenvalue weighted by atomic mass is 16.2. The minimum absolute atomic E-state index is 0.0998. The molecule has 1 aromatic heterocycles. The van der Waals surface area contributed by atoms with Crippen molar-refractivity contribution < 1.29 is 4.79 Å². The maximum atomic E-state index is 12.4. The lowest BCUT2D eigenvalue weighted by molar-refractivity contribution is 0.0746. The van der Waals surface area contributed by atoms with Crippen LogP contribution in [0.2, 0.25) is 0 Å². The number of nitriles is 1. The van der Waals surface area contributed by atoms with Gasteiger partial charge in [-0.15, -0.1) is 0 Å². The molecular weight excluding hydrogens is 250 g/mol. The normalized spacial score (nSPS) is 9.75. The van der Waals surface area contributed by atoms with E-state index in [2.05, 4.69) is 11.1 Å². The molecule has 0 unspecified atom stereocenters. The number of hydrogen-bond donors (Lipinski definition) is 0. The van der Waals surface area contributed by atoms with E-state index >= 15 is 0 Å². The monoisotopic (exact) mass is 265 g/mol. The number of hydrogen-bond acceptors (Lipinski definition) is 3. The van der Waals surface area contributed by atoms with Crippen LogP contribution in [0.5, 0.6) is 0 Å². The largest absolute Gasteiger partial charge is 0.333 e. The van der Waals surface area contributed by atoms with E-state index in [4.69, 9.17) is 5.26 Å². The zero-order chi connectivity index (χ0) is 14.2. The molecule has 0 bridgehead atoms. The summed E-state index contributed by atoms with van der Waals surface area (Å²) in [7, 11) is 0. The first-order valence-corrected chi connectivity index (χ1v) is 6.41. The van der Waals surface area contributed by atoms with Gasteiger partial charge in [0.05, 0.1) is 18.1 Å². The molecule has 0 aliphatic rings. The summed E-state index contributed by atoms with van der Waals surface area (Å²) in [4.78, 5) is 18.1. The zero-order valence-corrected chi connectivity index (χ0v) is 11.1. The second kappa shape index (κ2) is 7.05. The second-order valence-electron chi connectivity index (χ2n) is 4.36. The first-order chi connectivity index (χ1) is 9.81. The fourth-order valence-electron chi connectivity index (χ4n) is 1.91. The van der Waals surface area contributed by atoms with Crippen molar-refractivity contribution in [2.75, 3.05) is 6.54 Å². The Hall–Kier alpha value is -2.67. The Morgan fingerprint density at radius 3 is 2.65 bits per heavy atom. The van der Waals surface area contributed by atoms with E-state index in [0.29, 0.717) is 25.1 Å². The molecule has 0 aliphatic carbocycles. The number of rotatable bonds is 5. The van der Waals surface area contributed by atoms with Gasteiger partial charge in [0, 0.05) is 25.5 Å². The van der Waals surface area contributed by atoms with Crippen LogP contribution in [0, 0.1) is 11.3 Å². The summed E-state index contributed by atoms with van der Waals surface area (Å²) < 4.78 is 0. The molecular formula is C16H15N3O. The minimum Gasteiger partial charge on any atom is -0.333 e. The predicted molar refractivity (Wildman–Crippen MR) is 75.6 cm³/mol. The van der Waals surface area contributed by atoms with E-state index < -0.39 is 0 Å². The van der Waals surface area contributed by atoms with Gasteiger partial charge in [-0.1, -0.05) is 30.3 Å². The van der Waals surface area contributed by atoms with Crippen LogP contribution >= 0.6 is 0 Å². The summed E-state index contributed by atoms with van der Waals surface area (Å²) in [6, 6.07) is 15.3. The molecule has 0 fully saturated rings. The van der Waals surface area contributed by atoms with Crippen molar-refractivity contribution in [1.82, 2.24) is 9.88 Å².